The lowest BCUT2D eigenvalue weighted by Crippen LogP contribution is -2.62. The Morgan fingerprint density at radius 2 is 1.67 bits per heavy atom. The number of ether oxygens (including phenoxy) is 4. The highest BCUT2D eigenvalue weighted by Crippen LogP contribution is 2.35. The molecule has 2 heterocycles. The van der Waals surface area contributed by atoms with E-state index in [1.54, 1.807) is 7.05 Å². The number of carbonyl (C=O) groups excluding carboxylic acids is 4. The van der Waals surface area contributed by atoms with Gasteiger partial charge >= 0.3 is 17.9 Å². The predicted molar refractivity (Wildman–Crippen MR) is 77.6 cm³/mol. The SMILES string of the molecule is CC(=O)OC[C@H]1OC2CC(=O)N(C)[C@@H]2[C@@H](OC(C)=O)[C@@H]1OC(C)=O. The number of nitrogens with zero attached hydrogens (tertiary/aromatic N) is 1. The van der Waals surface area contributed by atoms with Crippen molar-refractivity contribution in [1.82, 2.24) is 4.90 Å². The zero-order valence-corrected chi connectivity index (χ0v) is 14.0. The Labute approximate surface area is 139 Å². The number of likely N-dealkylation sites (N-methyl/N-ethyl adjacent to an activating group) is 1. The number of hydrogen-bond acceptors (Lipinski definition) is 8. The van der Waals surface area contributed by atoms with E-state index in [0.29, 0.717) is 0 Å². The van der Waals surface area contributed by atoms with Crippen molar-refractivity contribution in [2.45, 2.75) is 57.6 Å². The van der Waals surface area contributed by atoms with Crippen LogP contribution in [0.2, 0.25) is 0 Å². The summed E-state index contributed by atoms with van der Waals surface area (Å²) in [4.78, 5) is 47.4. The molecule has 0 aliphatic carbocycles. The lowest BCUT2D eigenvalue weighted by atomic mass is 9.93. The topological polar surface area (TPSA) is 108 Å². The maximum Gasteiger partial charge on any atom is 0.303 e. The Kier molecular flexibility index (Phi) is 5.43. The van der Waals surface area contributed by atoms with Gasteiger partial charge in [-0.3, -0.25) is 19.2 Å². The van der Waals surface area contributed by atoms with Crippen LogP contribution in [0.1, 0.15) is 27.2 Å². The number of rotatable bonds is 4. The van der Waals surface area contributed by atoms with Gasteiger partial charge in [0.25, 0.3) is 0 Å². The molecule has 134 valence electrons. The zero-order valence-electron chi connectivity index (χ0n) is 14.0. The van der Waals surface area contributed by atoms with Gasteiger partial charge in [0.2, 0.25) is 5.91 Å². The second kappa shape index (κ2) is 7.16. The smallest absolute Gasteiger partial charge is 0.303 e. The van der Waals surface area contributed by atoms with Crippen LogP contribution in [0.4, 0.5) is 0 Å². The molecule has 2 rings (SSSR count). The van der Waals surface area contributed by atoms with Crippen molar-refractivity contribution in [3.05, 3.63) is 0 Å². The molecule has 0 aromatic carbocycles. The molecular formula is C15H21NO8. The average molecular weight is 343 g/mol. The number of fused-ring (bicyclic) bond motifs is 1. The van der Waals surface area contributed by atoms with Crippen molar-refractivity contribution in [2.75, 3.05) is 13.7 Å². The highest BCUT2D eigenvalue weighted by molar-refractivity contribution is 5.80. The fraction of sp³-hybridized carbons (Fsp3) is 0.733. The number of hydrogen-bond donors (Lipinski definition) is 0. The summed E-state index contributed by atoms with van der Waals surface area (Å²) in [5, 5.41) is 0. The van der Waals surface area contributed by atoms with Crippen molar-refractivity contribution in [3.8, 4) is 0 Å². The Balaban J connectivity index is 2.31. The molecule has 2 aliphatic rings. The third-order valence-electron chi connectivity index (χ3n) is 4.03. The number of amides is 1. The quantitative estimate of drug-likeness (QED) is 0.492. The molecule has 0 bridgehead atoms. The van der Waals surface area contributed by atoms with Crippen LogP contribution in [0.5, 0.6) is 0 Å². The Morgan fingerprint density at radius 3 is 2.21 bits per heavy atom. The molecule has 2 saturated heterocycles. The maximum absolute atomic E-state index is 12.0. The molecule has 0 aromatic heterocycles. The number of carbonyl (C=O) groups is 4. The molecule has 0 N–H and O–H groups in total. The standard InChI is InChI=1S/C15H21NO8/c1-7(17)21-6-11-14(22-8(2)18)15(23-9(3)19)13-10(24-11)5-12(20)16(13)4/h10-11,13-15H,5-6H2,1-4H3/t10?,11-,13+,14-,15-/m1/s1. The molecule has 0 aromatic rings. The summed E-state index contributed by atoms with van der Waals surface area (Å²) < 4.78 is 21.4. The summed E-state index contributed by atoms with van der Waals surface area (Å²) in [6, 6.07) is -0.570. The van der Waals surface area contributed by atoms with Crippen LogP contribution in [-0.4, -0.2) is 72.8 Å². The minimum atomic E-state index is -0.986. The largest absolute Gasteiger partial charge is 0.463 e. The van der Waals surface area contributed by atoms with Gasteiger partial charge in [-0.05, 0) is 0 Å². The van der Waals surface area contributed by atoms with E-state index in [9.17, 15) is 19.2 Å². The van der Waals surface area contributed by atoms with Crippen molar-refractivity contribution >= 4 is 23.8 Å². The first kappa shape index (κ1) is 18.2. The minimum Gasteiger partial charge on any atom is -0.463 e. The average Bonchev–Trinajstić information content (AvgIpc) is 2.73. The van der Waals surface area contributed by atoms with E-state index in [1.807, 2.05) is 0 Å². The fourth-order valence-electron chi connectivity index (χ4n) is 3.12. The second-order valence-corrected chi connectivity index (χ2v) is 5.86. The molecule has 0 radical (unpaired) electrons. The first-order valence-corrected chi connectivity index (χ1v) is 7.59. The summed E-state index contributed by atoms with van der Waals surface area (Å²) in [5.41, 5.74) is 0. The first-order chi connectivity index (χ1) is 11.2. The van der Waals surface area contributed by atoms with E-state index in [0.717, 1.165) is 0 Å². The second-order valence-electron chi connectivity index (χ2n) is 5.86. The molecule has 9 heteroatoms. The Hall–Kier alpha value is -2.16. The van der Waals surface area contributed by atoms with Gasteiger partial charge in [-0.25, -0.2) is 0 Å². The fourth-order valence-corrected chi connectivity index (χ4v) is 3.12. The molecule has 24 heavy (non-hydrogen) atoms. The van der Waals surface area contributed by atoms with Crippen molar-refractivity contribution in [2.24, 2.45) is 0 Å². The van der Waals surface area contributed by atoms with Gasteiger partial charge in [0.15, 0.2) is 12.2 Å². The lowest BCUT2D eigenvalue weighted by molar-refractivity contribution is -0.225. The summed E-state index contributed by atoms with van der Waals surface area (Å²) in [6.45, 7) is 3.51. The highest BCUT2D eigenvalue weighted by Gasteiger charge is 2.55. The molecule has 1 amide bonds. The molecule has 9 nitrogen and oxygen atoms in total. The normalized spacial score (nSPS) is 32.1. The minimum absolute atomic E-state index is 0.113. The summed E-state index contributed by atoms with van der Waals surface area (Å²) in [5.74, 6) is -1.86. The molecule has 1 unspecified atom stereocenters. The van der Waals surface area contributed by atoms with Crippen molar-refractivity contribution in [1.29, 1.82) is 0 Å². The van der Waals surface area contributed by atoms with Gasteiger partial charge in [0.05, 0.1) is 18.6 Å². The van der Waals surface area contributed by atoms with Gasteiger partial charge < -0.3 is 23.8 Å². The van der Waals surface area contributed by atoms with Crippen molar-refractivity contribution in [3.63, 3.8) is 0 Å². The number of likely N-dealkylation sites (tertiary alicyclic amines) is 1. The van der Waals surface area contributed by atoms with Gasteiger partial charge in [-0.1, -0.05) is 0 Å². The van der Waals surface area contributed by atoms with Crippen LogP contribution >= 0.6 is 0 Å². The van der Waals surface area contributed by atoms with Crippen LogP contribution in [0.15, 0.2) is 0 Å². The van der Waals surface area contributed by atoms with Crippen LogP contribution in [0.25, 0.3) is 0 Å². The molecule has 5 atom stereocenters. The van der Waals surface area contributed by atoms with Gasteiger partial charge in [0, 0.05) is 27.8 Å². The van der Waals surface area contributed by atoms with Gasteiger partial charge in [-0.2, -0.15) is 0 Å². The van der Waals surface area contributed by atoms with Crippen LogP contribution in [0.3, 0.4) is 0 Å². The Morgan fingerprint density at radius 1 is 1.08 bits per heavy atom. The summed E-state index contributed by atoms with van der Waals surface area (Å²) >= 11 is 0. The molecular weight excluding hydrogens is 322 g/mol. The monoisotopic (exact) mass is 343 g/mol. The van der Waals surface area contributed by atoms with Crippen LogP contribution in [-0.2, 0) is 38.1 Å². The van der Waals surface area contributed by atoms with Gasteiger partial charge in [0.1, 0.15) is 12.7 Å². The van der Waals surface area contributed by atoms with Crippen molar-refractivity contribution < 1.29 is 38.1 Å². The first-order valence-electron chi connectivity index (χ1n) is 7.59. The summed E-state index contributed by atoms with van der Waals surface area (Å²) in [7, 11) is 1.57. The summed E-state index contributed by atoms with van der Waals surface area (Å²) in [6.07, 6.45) is -3.15. The predicted octanol–water partition coefficient (Wildman–Crippen LogP) is -0.589. The van der Waals surface area contributed by atoms with E-state index in [4.69, 9.17) is 18.9 Å². The van der Waals surface area contributed by atoms with E-state index in [1.165, 1.54) is 25.7 Å². The maximum atomic E-state index is 12.0. The lowest BCUT2D eigenvalue weighted by Gasteiger charge is -2.44. The van der Waals surface area contributed by atoms with Crippen LogP contribution in [0, 0.1) is 0 Å². The molecule has 2 fully saturated rings. The highest BCUT2D eigenvalue weighted by atomic mass is 16.6. The Bertz CT molecular complexity index is 548. The van der Waals surface area contributed by atoms with Crippen LogP contribution < -0.4 is 0 Å². The van der Waals surface area contributed by atoms with E-state index in [2.05, 4.69) is 0 Å². The molecule has 0 saturated carbocycles. The van der Waals surface area contributed by atoms with Gasteiger partial charge in [-0.15, -0.1) is 0 Å². The third-order valence-corrected chi connectivity index (χ3v) is 4.03. The zero-order chi connectivity index (χ0) is 18.0. The van der Waals surface area contributed by atoms with E-state index in [-0.39, 0.29) is 18.9 Å². The third kappa shape index (κ3) is 3.84. The number of esters is 3. The molecule has 0 spiro atoms. The molecule has 2 aliphatic heterocycles. The van der Waals surface area contributed by atoms with E-state index < -0.39 is 48.4 Å². The van der Waals surface area contributed by atoms with E-state index >= 15 is 0 Å².